The van der Waals surface area contributed by atoms with E-state index in [4.69, 9.17) is 18.5 Å². The molecule has 0 N–H and O–H groups in total. The van der Waals surface area contributed by atoms with Gasteiger partial charge in [0, 0.05) is 12.4 Å². The molecule has 0 unspecified atom stereocenters. The van der Waals surface area contributed by atoms with Crippen LogP contribution in [0.1, 0.15) is 0 Å². The lowest BCUT2D eigenvalue weighted by Crippen LogP contribution is -2.31. The van der Waals surface area contributed by atoms with E-state index in [1.807, 2.05) is 30.3 Å². The van der Waals surface area contributed by atoms with E-state index in [0.29, 0.717) is 30.2 Å². The molecular weight excluding hydrogens is 269 g/mol. The number of aromatic nitrogens is 1. The second-order valence-electron chi connectivity index (χ2n) is 4.66. The van der Waals surface area contributed by atoms with Crippen LogP contribution in [0.2, 0.25) is 0 Å². The van der Waals surface area contributed by atoms with Gasteiger partial charge >= 0.3 is 7.12 Å². The quantitative estimate of drug-likeness (QED) is 0.690. The van der Waals surface area contributed by atoms with E-state index < -0.39 is 7.12 Å². The van der Waals surface area contributed by atoms with Crippen molar-refractivity contribution in [3.63, 3.8) is 0 Å². The van der Waals surface area contributed by atoms with Crippen molar-refractivity contribution >= 4 is 23.7 Å². The van der Waals surface area contributed by atoms with E-state index in [1.165, 1.54) is 0 Å². The monoisotopic (exact) mass is 281 g/mol. The van der Waals surface area contributed by atoms with Crippen molar-refractivity contribution in [3.8, 4) is 11.5 Å². The summed E-state index contributed by atoms with van der Waals surface area (Å²) < 4.78 is 22.9. The van der Waals surface area contributed by atoms with Crippen LogP contribution in [0.5, 0.6) is 11.5 Å². The molecule has 2 aromatic heterocycles. The van der Waals surface area contributed by atoms with Gasteiger partial charge in [0.25, 0.3) is 0 Å². The molecule has 6 heteroatoms. The van der Waals surface area contributed by atoms with Gasteiger partial charge in [-0.15, -0.1) is 0 Å². The molecule has 0 radical (unpaired) electrons. The number of nitrogens with zero attached hydrogens (tertiary/aromatic N) is 1. The van der Waals surface area contributed by atoms with Gasteiger partial charge in [0.1, 0.15) is 11.3 Å². The predicted molar refractivity (Wildman–Crippen MR) is 77.8 cm³/mol. The van der Waals surface area contributed by atoms with Crippen molar-refractivity contribution in [2.45, 2.75) is 0 Å². The average Bonchev–Trinajstić information content (AvgIpc) is 3.16. The van der Waals surface area contributed by atoms with Gasteiger partial charge in [-0.05, 0) is 18.2 Å². The lowest BCUT2D eigenvalue weighted by molar-refractivity contribution is 0.365. The van der Waals surface area contributed by atoms with E-state index in [1.54, 1.807) is 18.5 Å². The minimum absolute atomic E-state index is 0.531. The standard InChI is InChI=1S/C15H12BNO4/c1-2-4-11(5-3-1)20-14-12-10-17-7-6-13(12)21-15(14)16-18-8-9-19-16/h1-7,10H,8-9H2. The van der Waals surface area contributed by atoms with E-state index in [9.17, 15) is 0 Å². The Balaban J connectivity index is 1.82. The third-order valence-corrected chi connectivity index (χ3v) is 3.27. The topological polar surface area (TPSA) is 53.7 Å². The van der Waals surface area contributed by atoms with Crippen LogP contribution in [0, 0.1) is 0 Å². The zero-order valence-corrected chi connectivity index (χ0v) is 11.2. The molecule has 21 heavy (non-hydrogen) atoms. The fourth-order valence-corrected chi connectivity index (χ4v) is 2.32. The van der Waals surface area contributed by atoms with Crippen LogP contribution >= 0.6 is 0 Å². The number of ether oxygens (including phenoxy) is 1. The van der Waals surface area contributed by atoms with Crippen LogP contribution < -0.4 is 10.4 Å². The van der Waals surface area contributed by atoms with Gasteiger partial charge in [-0.2, -0.15) is 0 Å². The van der Waals surface area contributed by atoms with Crippen molar-refractivity contribution in [2.24, 2.45) is 0 Å². The Morgan fingerprint density at radius 2 is 1.86 bits per heavy atom. The maximum Gasteiger partial charge on any atom is 0.536 e. The van der Waals surface area contributed by atoms with Gasteiger partial charge in [-0.25, -0.2) is 0 Å². The van der Waals surface area contributed by atoms with Crippen LogP contribution in [-0.4, -0.2) is 25.3 Å². The molecule has 4 rings (SSSR count). The van der Waals surface area contributed by atoms with Crippen molar-refractivity contribution in [1.82, 2.24) is 4.98 Å². The van der Waals surface area contributed by atoms with Crippen molar-refractivity contribution in [3.05, 3.63) is 48.8 Å². The molecule has 104 valence electrons. The number of benzene rings is 1. The molecule has 5 nitrogen and oxygen atoms in total. The number of pyridine rings is 1. The number of fused-ring (bicyclic) bond motifs is 1. The molecule has 0 saturated carbocycles. The lowest BCUT2D eigenvalue weighted by atomic mass is 9.86. The first-order valence-electron chi connectivity index (χ1n) is 6.74. The predicted octanol–water partition coefficient (Wildman–Crippen LogP) is 2.36. The summed E-state index contributed by atoms with van der Waals surface area (Å²) in [5.74, 6) is 1.32. The summed E-state index contributed by atoms with van der Waals surface area (Å²) in [5.41, 5.74) is 1.24. The Morgan fingerprint density at radius 3 is 2.67 bits per heavy atom. The number of hydrogen-bond donors (Lipinski definition) is 0. The molecule has 0 amide bonds. The number of furan rings is 1. The molecular formula is C15H12BNO4. The third kappa shape index (κ3) is 2.28. The highest BCUT2D eigenvalue weighted by molar-refractivity contribution is 6.62. The largest absolute Gasteiger partial charge is 0.536 e. The van der Waals surface area contributed by atoms with Gasteiger partial charge in [0.05, 0.1) is 18.6 Å². The summed E-state index contributed by atoms with van der Waals surface area (Å²) in [7, 11) is -0.531. The summed E-state index contributed by atoms with van der Waals surface area (Å²) in [5, 5.41) is 0.801. The van der Waals surface area contributed by atoms with Gasteiger partial charge in [-0.1, -0.05) is 18.2 Å². The zero-order chi connectivity index (χ0) is 14.1. The second kappa shape index (κ2) is 5.23. The Bertz CT molecular complexity index is 753. The van der Waals surface area contributed by atoms with E-state index in [2.05, 4.69) is 4.98 Å². The van der Waals surface area contributed by atoms with Crippen molar-refractivity contribution in [2.75, 3.05) is 13.2 Å². The second-order valence-corrected chi connectivity index (χ2v) is 4.66. The fourth-order valence-electron chi connectivity index (χ4n) is 2.32. The van der Waals surface area contributed by atoms with E-state index in [0.717, 1.165) is 11.1 Å². The number of hydrogen-bond acceptors (Lipinski definition) is 5. The van der Waals surface area contributed by atoms with E-state index in [-0.39, 0.29) is 0 Å². The number of rotatable bonds is 3. The smallest absolute Gasteiger partial charge is 0.460 e. The molecule has 1 saturated heterocycles. The first-order chi connectivity index (χ1) is 10.4. The average molecular weight is 281 g/mol. The van der Waals surface area contributed by atoms with Gasteiger partial charge in [0.2, 0.25) is 0 Å². The molecule has 1 fully saturated rings. The SMILES string of the molecule is c1ccc(Oc2c(B3OCCO3)oc3ccncc23)cc1. The molecule has 3 heterocycles. The summed E-state index contributed by atoms with van der Waals surface area (Å²) in [4.78, 5) is 4.13. The summed E-state index contributed by atoms with van der Waals surface area (Å²) in [6.07, 6.45) is 3.40. The molecule has 0 spiro atoms. The summed E-state index contributed by atoms with van der Waals surface area (Å²) >= 11 is 0. The maximum atomic E-state index is 5.98. The molecule has 0 bridgehead atoms. The molecule has 0 aliphatic carbocycles. The highest BCUT2D eigenvalue weighted by Crippen LogP contribution is 2.30. The molecule has 3 aromatic rings. The molecule has 1 aliphatic rings. The van der Waals surface area contributed by atoms with Gasteiger partial charge < -0.3 is 18.5 Å². The first-order valence-corrected chi connectivity index (χ1v) is 6.74. The lowest BCUT2D eigenvalue weighted by Gasteiger charge is -2.07. The first kappa shape index (κ1) is 12.4. The minimum atomic E-state index is -0.531. The van der Waals surface area contributed by atoms with Gasteiger partial charge in [0.15, 0.2) is 11.4 Å². The number of para-hydroxylation sites is 1. The van der Waals surface area contributed by atoms with Crippen LogP contribution in [0.3, 0.4) is 0 Å². The maximum absolute atomic E-state index is 5.98. The van der Waals surface area contributed by atoms with Crippen molar-refractivity contribution in [1.29, 1.82) is 0 Å². The third-order valence-electron chi connectivity index (χ3n) is 3.27. The summed E-state index contributed by atoms with van der Waals surface area (Å²) in [6.45, 7) is 1.09. The molecule has 1 aliphatic heterocycles. The van der Waals surface area contributed by atoms with Crippen LogP contribution in [0.15, 0.2) is 53.2 Å². The highest BCUT2D eigenvalue weighted by atomic mass is 16.6. The normalized spacial score (nSPS) is 14.8. The van der Waals surface area contributed by atoms with Crippen LogP contribution in [0.25, 0.3) is 11.0 Å². The van der Waals surface area contributed by atoms with E-state index >= 15 is 0 Å². The van der Waals surface area contributed by atoms with Gasteiger partial charge in [-0.3, -0.25) is 4.98 Å². The molecule has 1 aromatic carbocycles. The van der Waals surface area contributed by atoms with Crippen molar-refractivity contribution < 1.29 is 18.5 Å². The fraction of sp³-hybridized carbons (Fsp3) is 0.133. The summed E-state index contributed by atoms with van der Waals surface area (Å²) in [6, 6.07) is 11.3. The zero-order valence-electron chi connectivity index (χ0n) is 11.2. The Labute approximate surface area is 121 Å². The Hall–Kier alpha value is -2.31. The van der Waals surface area contributed by atoms with Crippen LogP contribution in [-0.2, 0) is 9.31 Å². The highest BCUT2D eigenvalue weighted by Gasteiger charge is 2.35. The Kier molecular flexibility index (Phi) is 3.10. The minimum Gasteiger partial charge on any atom is -0.460 e. The Morgan fingerprint density at radius 1 is 1.05 bits per heavy atom. The van der Waals surface area contributed by atoms with Crippen LogP contribution in [0.4, 0.5) is 0 Å². The molecule has 0 atom stereocenters.